The maximum absolute atomic E-state index is 12.0. The lowest BCUT2D eigenvalue weighted by Crippen LogP contribution is -2.39. The van der Waals surface area contributed by atoms with Gasteiger partial charge in [0.05, 0.1) is 6.42 Å². The van der Waals surface area contributed by atoms with E-state index in [4.69, 9.17) is 0 Å². The van der Waals surface area contributed by atoms with Crippen LogP contribution in [0.1, 0.15) is 12.0 Å². The quantitative estimate of drug-likeness (QED) is 0.789. The van der Waals surface area contributed by atoms with Gasteiger partial charge in [-0.1, -0.05) is 0 Å². The van der Waals surface area contributed by atoms with Gasteiger partial charge in [-0.3, -0.25) is 9.59 Å². The molecule has 0 saturated carbocycles. The van der Waals surface area contributed by atoms with Gasteiger partial charge in [-0.25, -0.2) is 0 Å². The molecule has 2 aliphatic heterocycles. The van der Waals surface area contributed by atoms with Crippen LogP contribution in [0.5, 0.6) is 0 Å². The van der Waals surface area contributed by atoms with Gasteiger partial charge in [-0.2, -0.15) is 11.8 Å². The van der Waals surface area contributed by atoms with Crippen LogP contribution < -0.4 is 16.0 Å². The first-order chi connectivity index (χ1) is 9.70. The molecule has 1 aromatic carbocycles. The molecule has 0 aromatic heterocycles. The van der Waals surface area contributed by atoms with Crippen LogP contribution in [0.15, 0.2) is 18.2 Å². The minimum Gasteiger partial charge on any atom is -0.326 e. The predicted molar refractivity (Wildman–Crippen MR) is 88.4 cm³/mol. The highest BCUT2D eigenvalue weighted by atomic mass is 35.5. The monoisotopic (exact) mass is 327 g/mol. The topological polar surface area (TPSA) is 70.2 Å². The van der Waals surface area contributed by atoms with Crippen LogP contribution in [0.25, 0.3) is 0 Å². The fourth-order valence-corrected chi connectivity index (χ4v) is 3.44. The van der Waals surface area contributed by atoms with Gasteiger partial charge in [0, 0.05) is 41.9 Å². The van der Waals surface area contributed by atoms with Crippen LogP contribution in [0.3, 0.4) is 0 Å². The van der Waals surface area contributed by atoms with Gasteiger partial charge in [0.1, 0.15) is 0 Å². The molecule has 1 atom stereocenters. The summed E-state index contributed by atoms with van der Waals surface area (Å²) in [4.78, 5) is 23.3. The molecule has 1 unspecified atom stereocenters. The summed E-state index contributed by atoms with van der Waals surface area (Å²) < 4.78 is 0. The number of amides is 2. The first kappa shape index (κ1) is 16.1. The van der Waals surface area contributed by atoms with Crippen LogP contribution >= 0.6 is 24.2 Å². The van der Waals surface area contributed by atoms with E-state index in [1.807, 2.05) is 30.0 Å². The zero-order valence-corrected chi connectivity index (χ0v) is 13.1. The van der Waals surface area contributed by atoms with Gasteiger partial charge in [0.2, 0.25) is 11.8 Å². The Hall–Kier alpha value is -1.24. The zero-order valence-electron chi connectivity index (χ0n) is 11.5. The molecule has 0 spiro atoms. The largest absolute Gasteiger partial charge is 0.326 e. The number of carbonyl (C=O) groups is 2. The van der Waals surface area contributed by atoms with Crippen LogP contribution in [0.4, 0.5) is 11.4 Å². The minimum atomic E-state index is 0. The summed E-state index contributed by atoms with van der Waals surface area (Å²) in [7, 11) is 0. The lowest BCUT2D eigenvalue weighted by molar-refractivity contribution is -0.116. The van der Waals surface area contributed by atoms with E-state index in [9.17, 15) is 9.59 Å². The molecule has 1 fully saturated rings. The van der Waals surface area contributed by atoms with Gasteiger partial charge in [-0.15, -0.1) is 12.4 Å². The van der Waals surface area contributed by atoms with E-state index in [-0.39, 0.29) is 30.3 Å². The number of hydrogen-bond donors (Lipinski definition) is 3. The number of nitrogens with one attached hydrogen (secondary N) is 3. The summed E-state index contributed by atoms with van der Waals surface area (Å²) in [6, 6.07) is 5.79. The molecule has 114 valence electrons. The number of thioether (sulfide) groups is 1. The molecule has 5 nitrogen and oxygen atoms in total. The van der Waals surface area contributed by atoms with Gasteiger partial charge in [0.15, 0.2) is 0 Å². The predicted octanol–water partition coefficient (Wildman–Crippen LogP) is 1.64. The molecular weight excluding hydrogens is 310 g/mol. The molecule has 1 aromatic rings. The molecule has 2 aliphatic rings. The van der Waals surface area contributed by atoms with Gasteiger partial charge < -0.3 is 16.0 Å². The third-order valence-corrected chi connectivity index (χ3v) is 4.58. The van der Waals surface area contributed by atoms with Crippen molar-refractivity contribution in [2.24, 2.45) is 0 Å². The number of benzene rings is 1. The third-order valence-electron chi connectivity index (χ3n) is 3.44. The van der Waals surface area contributed by atoms with Crippen molar-refractivity contribution in [1.29, 1.82) is 0 Å². The van der Waals surface area contributed by atoms with Crippen LogP contribution in [-0.4, -0.2) is 35.9 Å². The molecule has 2 heterocycles. The number of anilines is 2. The second kappa shape index (κ2) is 7.15. The Kier molecular flexibility index (Phi) is 5.50. The van der Waals surface area contributed by atoms with Crippen LogP contribution in [0.2, 0.25) is 0 Å². The van der Waals surface area contributed by atoms with Gasteiger partial charge in [0.25, 0.3) is 0 Å². The molecule has 2 amide bonds. The normalized spacial score (nSPS) is 20.2. The second-order valence-electron chi connectivity index (χ2n) is 5.08. The lowest BCUT2D eigenvalue weighted by atomic mass is 10.1. The Morgan fingerprint density at radius 1 is 1.43 bits per heavy atom. The summed E-state index contributed by atoms with van der Waals surface area (Å²) in [5, 5.41) is 9.03. The van der Waals surface area contributed by atoms with Crippen molar-refractivity contribution in [2.75, 3.05) is 28.7 Å². The lowest BCUT2D eigenvalue weighted by Gasteiger charge is -2.22. The number of hydrogen-bond acceptors (Lipinski definition) is 4. The highest BCUT2D eigenvalue weighted by molar-refractivity contribution is 7.99. The molecule has 0 bridgehead atoms. The Morgan fingerprint density at radius 2 is 2.29 bits per heavy atom. The smallest absolute Gasteiger partial charge is 0.228 e. The highest BCUT2D eigenvalue weighted by Gasteiger charge is 2.19. The maximum Gasteiger partial charge on any atom is 0.228 e. The fraction of sp³-hybridized carbons (Fsp3) is 0.429. The fourth-order valence-electron chi connectivity index (χ4n) is 2.49. The third kappa shape index (κ3) is 4.12. The van der Waals surface area contributed by atoms with Crippen molar-refractivity contribution < 1.29 is 9.59 Å². The minimum absolute atomic E-state index is 0. The number of fused-ring (bicyclic) bond motifs is 1. The van der Waals surface area contributed by atoms with Crippen molar-refractivity contribution >= 4 is 47.4 Å². The molecule has 3 rings (SSSR count). The molecule has 1 saturated heterocycles. The van der Waals surface area contributed by atoms with E-state index in [0.29, 0.717) is 12.8 Å². The van der Waals surface area contributed by atoms with Crippen LogP contribution in [-0.2, 0) is 16.0 Å². The van der Waals surface area contributed by atoms with Crippen LogP contribution in [0, 0.1) is 0 Å². The molecular formula is C14H18ClN3O2S. The van der Waals surface area contributed by atoms with E-state index in [0.717, 1.165) is 35.0 Å². The molecule has 3 N–H and O–H groups in total. The molecule has 0 aliphatic carbocycles. The number of rotatable bonds is 3. The molecule has 0 radical (unpaired) electrons. The van der Waals surface area contributed by atoms with Crippen molar-refractivity contribution in [3.05, 3.63) is 23.8 Å². The first-order valence-electron chi connectivity index (χ1n) is 6.74. The Balaban J connectivity index is 0.00000161. The molecule has 21 heavy (non-hydrogen) atoms. The van der Waals surface area contributed by atoms with E-state index >= 15 is 0 Å². The van der Waals surface area contributed by atoms with Crippen molar-refractivity contribution in [1.82, 2.24) is 5.32 Å². The summed E-state index contributed by atoms with van der Waals surface area (Å²) in [5.74, 6) is 2.12. The van der Waals surface area contributed by atoms with E-state index in [2.05, 4.69) is 16.0 Å². The maximum atomic E-state index is 12.0. The number of halogens is 1. The SMILES string of the molecule is Cl.O=C(CC1CSCCN1)Nc1ccc2c(c1)CC(=O)N2. The highest BCUT2D eigenvalue weighted by Crippen LogP contribution is 2.26. The Morgan fingerprint density at radius 3 is 3.05 bits per heavy atom. The average molecular weight is 328 g/mol. The zero-order chi connectivity index (χ0) is 13.9. The van der Waals surface area contributed by atoms with Gasteiger partial charge >= 0.3 is 0 Å². The van der Waals surface area contributed by atoms with E-state index < -0.39 is 0 Å². The van der Waals surface area contributed by atoms with Crippen molar-refractivity contribution in [3.8, 4) is 0 Å². The number of carbonyl (C=O) groups excluding carboxylic acids is 2. The summed E-state index contributed by atoms with van der Waals surface area (Å²) in [6.07, 6.45) is 0.876. The summed E-state index contributed by atoms with van der Waals surface area (Å²) in [6.45, 7) is 0.967. The van der Waals surface area contributed by atoms with E-state index in [1.54, 1.807) is 0 Å². The Labute approximate surface area is 134 Å². The first-order valence-corrected chi connectivity index (χ1v) is 7.90. The Bertz CT molecular complexity index is 547. The summed E-state index contributed by atoms with van der Waals surface area (Å²) >= 11 is 1.88. The second-order valence-corrected chi connectivity index (χ2v) is 6.22. The van der Waals surface area contributed by atoms with Crippen molar-refractivity contribution in [2.45, 2.75) is 18.9 Å². The standard InChI is InChI=1S/C14H17N3O2S.ClH/c18-13-6-9-5-10(1-2-12(9)17-13)16-14(19)7-11-8-20-4-3-15-11;/h1-2,5,11,15H,3-4,6-8H2,(H,16,19)(H,17,18);1H. The molecule has 7 heteroatoms. The average Bonchev–Trinajstić information content (AvgIpc) is 2.79. The van der Waals surface area contributed by atoms with Crippen molar-refractivity contribution in [3.63, 3.8) is 0 Å². The van der Waals surface area contributed by atoms with E-state index in [1.165, 1.54) is 0 Å². The van der Waals surface area contributed by atoms with Gasteiger partial charge in [-0.05, 0) is 23.8 Å². The summed E-state index contributed by atoms with van der Waals surface area (Å²) in [5.41, 5.74) is 2.55.